The topological polar surface area (TPSA) is 64.4 Å². The zero-order chi connectivity index (χ0) is 11.0. The number of H-pyrrole nitrogens is 1. The zero-order valence-corrected chi connectivity index (χ0v) is 8.99. The van der Waals surface area contributed by atoms with Crippen LogP contribution >= 0.6 is 0 Å². The van der Waals surface area contributed by atoms with E-state index in [2.05, 4.69) is 15.2 Å². The third-order valence-electron chi connectivity index (χ3n) is 3.02. The van der Waals surface area contributed by atoms with Crippen molar-refractivity contribution in [2.24, 2.45) is 0 Å². The van der Waals surface area contributed by atoms with Crippen molar-refractivity contribution in [1.29, 1.82) is 0 Å². The lowest BCUT2D eigenvalue weighted by atomic mass is 10.3. The monoisotopic (exact) mass is 221 g/mol. The van der Waals surface area contributed by atoms with Crippen molar-refractivity contribution in [2.45, 2.75) is 6.54 Å². The molecule has 1 aliphatic heterocycles. The van der Waals surface area contributed by atoms with E-state index in [-0.39, 0.29) is 5.75 Å². The number of hydrogen-bond acceptors (Lipinski definition) is 4. The summed E-state index contributed by atoms with van der Waals surface area (Å²) in [5, 5.41) is 13.2. The quantitative estimate of drug-likeness (QED) is 0.704. The second-order valence-corrected chi connectivity index (χ2v) is 4.12. The maximum absolute atomic E-state index is 9.94. The summed E-state index contributed by atoms with van der Waals surface area (Å²) in [4.78, 5) is 5.24. The van der Waals surface area contributed by atoms with Gasteiger partial charge in [0.1, 0.15) is 5.52 Å². The molecule has 1 fully saturated rings. The van der Waals surface area contributed by atoms with E-state index in [1.807, 2.05) is 6.07 Å². The summed E-state index contributed by atoms with van der Waals surface area (Å²) in [5.41, 5.74) is 1.42. The maximum atomic E-state index is 9.94. The summed E-state index contributed by atoms with van der Waals surface area (Å²) < 4.78 is 5.60. The summed E-state index contributed by atoms with van der Waals surface area (Å²) in [7, 11) is 0. The molecule has 0 spiro atoms. The predicted molar refractivity (Wildman–Crippen MR) is 60.4 cm³/mol. The molecule has 3 N–H and O–H groups in total. The first-order valence-electron chi connectivity index (χ1n) is 5.55. The summed E-state index contributed by atoms with van der Waals surface area (Å²) in [6.45, 7) is 4.66. The molecule has 0 aliphatic carbocycles. The fraction of sp³-hybridized carbons (Fsp3) is 0.455. The van der Waals surface area contributed by atoms with E-state index in [9.17, 15) is 5.11 Å². The lowest BCUT2D eigenvalue weighted by Crippen LogP contribution is -2.42. The van der Waals surface area contributed by atoms with Gasteiger partial charge in [0.15, 0.2) is 17.1 Å². The highest BCUT2D eigenvalue weighted by atomic mass is 16.4. The van der Waals surface area contributed by atoms with Gasteiger partial charge in [-0.05, 0) is 6.07 Å². The van der Waals surface area contributed by atoms with Crippen LogP contribution in [0.4, 0.5) is 0 Å². The molecule has 1 saturated heterocycles. The molecule has 0 radical (unpaired) electrons. The normalized spacial score (nSPS) is 18.2. The Morgan fingerprint density at radius 1 is 1.38 bits per heavy atom. The zero-order valence-electron chi connectivity index (χ0n) is 8.99. The van der Waals surface area contributed by atoms with Gasteiger partial charge in [-0.2, -0.15) is 0 Å². The van der Waals surface area contributed by atoms with Crippen molar-refractivity contribution in [2.75, 3.05) is 26.2 Å². The van der Waals surface area contributed by atoms with Gasteiger partial charge in [-0.25, -0.2) is 0 Å². The predicted octanol–water partition coefficient (Wildman–Crippen LogP) is 0.872. The Hall–Kier alpha value is -1.46. The van der Waals surface area contributed by atoms with E-state index in [1.54, 1.807) is 6.20 Å². The molecule has 2 aromatic heterocycles. The first-order valence-corrected chi connectivity index (χ1v) is 5.55. The standard InChI is InChI=1S/C11H15N3O2/c15-11-9(7-14-5-3-12-4-6-14)16-8-1-2-13-10(8)11/h1-2,12-13,15H,3-7H2. The van der Waals surface area contributed by atoms with Crippen molar-refractivity contribution >= 4 is 11.1 Å². The number of nitrogens with zero attached hydrogens (tertiary/aromatic N) is 1. The van der Waals surface area contributed by atoms with Gasteiger partial charge in [0.25, 0.3) is 0 Å². The van der Waals surface area contributed by atoms with Crippen LogP contribution in [0, 0.1) is 0 Å². The SMILES string of the molecule is Oc1c(CN2CCNCC2)oc2cc[nH]c12. The Morgan fingerprint density at radius 2 is 2.19 bits per heavy atom. The molecule has 5 nitrogen and oxygen atoms in total. The van der Waals surface area contributed by atoms with Gasteiger partial charge in [0.2, 0.25) is 0 Å². The number of fused-ring (bicyclic) bond motifs is 1. The summed E-state index contributed by atoms with van der Waals surface area (Å²) in [5.74, 6) is 0.905. The number of aromatic hydroxyl groups is 1. The molecule has 5 heteroatoms. The molecule has 16 heavy (non-hydrogen) atoms. The van der Waals surface area contributed by atoms with Crippen LogP contribution in [0.15, 0.2) is 16.7 Å². The summed E-state index contributed by atoms with van der Waals surface area (Å²) >= 11 is 0. The molecule has 0 aromatic carbocycles. The molecule has 3 heterocycles. The molecule has 86 valence electrons. The van der Waals surface area contributed by atoms with Crippen LogP contribution in [-0.4, -0.2) is 41.2 Å². The highest BCUT2D eigenvalue weighted by molar-refractivity contribution is 5.81. The minimum atomic E-state index is 0.249. The second-order valence-electron chi connectivity index (χ2n) is 4.12. The maximum Gasteiger partial charge on any atom is 0.183 e. The molecule has 0 atom stereocenters. The molecule has 3 rings (SSSR count). The smallest absolute Gasteiger partial charge is 0.183 e. The molecule has 0 unspecified atom stereocenters. The fourth-order valence-corrected chi connectivity index (χ4v) is 2.13. The molecule has 1 aliphatic rings. The lowest BCUT2D eigenvalue weighted by molar-refractivity contribution is 0.214. The third-order valence-corrected chi connectivity index (χ3v) is 3.02. The van der Waals surface area contributed by atoms with Crippen LogP contribution in [0.2, 0.25) is 0 Å². The van der Waals surface area contributed by atoms with Gasteiger partial charge in [0.05, 0.1) is 6.54 Å². The van der Waals surface area contributed by atoms with E-state index in [4.69, 9.17) is 4.42 Å². The minimum Gasteiger partial charge on any atom is -0.503 e. The van der Waals surface area contributed by atoms with Crippen molar-refractivity contribution < 1.29 is 9.52 Å². The highest BCUT2D eigenvalue weighted by Crippen LogP contribution is 2.31. The number of aromatic amines is 1. The van der Waals surface area contributed by atoms with Gasteiger partial charge in [0, 0.05) is 32.4 Å². The van der Waals surface area contributed by atoms with Crippen molar-refractivity contribution in [3.63, 3.8) is 0 Å². The van der Waals surface area contributed by atoms with E-state index >= 15 is 0 Å². The van der Waals surface area contributed by atoms with Gasteiger partial charge < -0.3 is 19.8 Å². The van der Waals surface area contributed by atoms with Crippen LogP contribution in [0.5, 0.6) is 5.75 Å². The van der Waals surface area contributed by atoms with Crippen molar-refractivity contribution in [1.82, 2.24) is 15.2 Å². The van der Waals surface area contributed by atoms with Crippen LogP contribution in [0.1, 0.15) is 5.76 Å². The van der Waals surface area contributed by atoms with E-state index in [1.165, 1.54) is 0 Å². The molecule has 0 bridgehead atoms. The Balaban J connectivity index is 1.82. The molecule has 0 saturated carbocycles. The number of rotatable bonds is 2. The first-order chi connectivity index (χ1) is 7.84. The highest BCUT2D eigenvalue weighted by Gasteiger charge is 2.18. The van der Waals surface area contributed by atoms with Crippen LogP contribution in [0.25, 0.3) is 11.1 Å². The lowest BCUT2D eigenvalue weighted by Gasteiger charge is -2.26. The van der Waals surface area contributed by atoms with Gasteiger partial charge in [-0.3, -0.25) is 4.90 Å². The summed E-state index contributed by atoms with van der Waals surface area (Å²) in [6, 6.07) is 1.83. The fourth-order valence-electron chi connectivity index (χ4n) is 2.13. The van der Waals surface area contributed by atoms with Crippen LogP contribution < -0.4 is 5.32 Å². The van der Waals surface area contributed by atoms with E-state index in [0.29, 0.717) is 17.8 Å². The van der Waals surface area contributed by atoms with Crippen molar-refractivity contribution in [3.05, 3.63) is 18.0 Å². The molecular weight excluding hydrogens is 206 g/mol. The Kier molecular flexibility index (Phi) is 2.34. The van der Waals surface area contributed by atoms with E-state index in [0.717, 1.165) is 31.8 Å². The molecule has 2 aromatic rings. The minimum absolute atomic E-state index is 0.249. The van der Waals surface area contributed by atoms with Crippen LogP contribution in [0.3, 0.4) is 0 Å². The van der Waals surface area contributed by atoms with Crippen LogP contribution in [-0.2, 0) is 6.54 Å². The van der Waals surface area contributed by atoms with E-state index < -0.39 is 0 Å². The summed E-state index contributed by atoms with van der Waals surface area (Å²) in [6.07, 6.45) is 1.77. The average Bonchev–Trinajstić information content (AvgIpc) is 2.86. The Labute approximate surface area is 93.0 Å². The number of piperazine rings is 1. The van der Waals surface area contributed by atoms with Gasteiger partial charge in [-0.15, -0.1) is 0 Å². The number of furan rings is 1. The molecule has 0 amide bonds. The Bertz CT molecular complexity index is 482. The van der Waals surface area contributed by atoms with Gasteiger partial charge >= 0.3 is 0 Å². The van der Waals surface area contributed by atoms with Crippen molar-refractivity contribution in [3.8, 4) is 5.75 Å². The number of hydrogen-bond donors (Lipinski definition) is 3. The first kappa shape index (κ1) is 9.74. The number of nitrogens with one attached hydrogen (secondary N) is 2. The second kappa shape index (κ2) is 3.84. The Morgan fingerprint density at radius 3 is 2.94 bits per heavy atom. The third kappa shape index (κ3) is 1.58. The largest absolute Gasteiger partial charge is 0.503 e. The van der Waals surface area contributed by atoms with Gasteiger partial charge in [-0.1, -0.05) is 0 Å². The average molecular weight is 221 g/mol. The number of aromatic nitrogens is 1. The molecular formula is C11H15N3O2.